The molecule has 110 valence electrons. The molecule has 0 spiro atoms. The number of rotatable bonds is 2. The highest BCUT2D eigenvalue weighted by atomic mass is 79.9. The molecule has 1 heterocycles. The van der Waals surface area contributed by atoms with Crippen molar-refractivity contribution < 1.29 is 4.74 Å². The molecule has 3 rings (SSSR count). The zero-order valence-corrected chi connectivity index (χ0v) is 13.6. The van der Waals surface area contributed by atoms with E-state index in [2.05, 4.69) is 28.1 Å². The van der Waals surface area contributed by atoms with Crippen LogP contribution in [0.3, 0.4) is 0 Å². The van der Waals surface area contributed by atoms with Crippen molar-refractivity contribution in [3.05, 3.63) is 27.7 Å². The van der Waals surface area contributed by atoms with Crippen LogP contribution in [-0.4, -0.2) is 6.61 Å². The van der Waals surface area contributed by atoms with Gasteiger partial charge in [-0.2, -0.15) is 0 Å². The fourth-order valence-corrected chi connectivity index (χ4v) is 4.17. The molecule has 1 saturated carbocycles. The van der Waals surface area contributed by atoms with E-state index in [0.29, 0.717) is 5.92 Å². The molecule has 1 aromatic carbocycles. The minimum Gasteiger partial charge on any atom is -0.493 e. The Hall–Kier alpha value is -0.540. The lowest BCUT2D eigenvalue weighted by Crippen LogP contribution is -2.23. The zero-order chi connectivity index (χ0) is 13.9. The molecule has 1 atom stereocenters. The van der Waals surface area contributed by atoms with Crippen molar-refractivity contribution in [1.82, 2.24) is 0 Å². The first-order valence-electron chi connectivity index (χ1n) is 7.96. The molecule has 1 aliphatic heterocycles. The normalized spacial score (nSPS) is 21.7. The molecule has 0 amide bonds. The fourth-order valence-electron chi connectivity index (χ4n) is 3.65. The van der Waals surface area contributed by atoms with Crippen LogP contribution in [0.25, 0.3) is 0 Å². The standard InChI is InChI=1S/C17H24BrNO/c18-14-10-13-8-9-20-17(13)15(11-14)16(19)12-6-4-2-1-3-5-7-12/h10-12,16H,1-9,19H2. The summed E-state index contributed by atoms with van der Waals surface area (Å²) in [4.78, 5) is 0. The van der Waals surface area contributed by atoms with Crippen molar-refractivity contribution in [2.75, 3.05) is 6.61 Å². The minimum atomic E-state index is 0.123. The molecule has 1 fully saturated rings. The number of benzene rings is 1. The van der Waals surface area contributed by atoms with Crippen LogP contribution in [0.1, 0.15) is 62.1 Å². The number of hydrogen-bond donors (Lipinski definition) is 1. The predicted octanol–water partition coefficient (Wildman–Crippen LogP) is 4.74. The van der Waals surface area contributed by atoms with E-state index in [0.717, 1.165) is 23.2 Å². The van der Waals surface area contributed by atoms with E-state index in [1.807, 2.05) is 0 Å². The molecular formula is C17H24BrNO. The average Bonchev–Trinajstić information content (AvgIpc) is 2.84. The van der Waals surface area contributed by atoms with Gasteiger partial charge in [-0.05, 0) is 36.5 Å². The van der Waals surface area contributed by atoms with Gasteiger partial charge in [0.25, 0.3) is 0 Å². The Morgan fingerprint density at radius 3 is 2.55 bits per heavy atom. The number of hydrogen-bond acceptors (Lipinski definition) is 2. The first-order chi connectivity index (χ1) is 9.75. The lowest BCUT2D eigenvalue weighted by molar-refractivity contribution is 0.311. The molecule has 1 aromatic rings. The summed E-state index contributed by atoms with van der Waals surface area (Å²) in [5, 5.41) is 0. The molecule has 2 N–H and O–H groups in total. The summed E-state index contributed by atoms with van der Waals surface area (Å²) in [6, 6.07) is 4.47. The fraction of sp³-hybridized carbons (Fsp3) is 0.647. The second-order valence-electron chi connectivity index (χ2n) is 6.21. The second-order valence-corrected chi connectivity index (χ2v) is 7.13. The summed E-state index contributed by atoms with van der Waals surface area (Å²) in [5.74, 6) is 1.68. The van der Waals surface area contributed by atoms with Gasteiger partial charge in [0.2, 0.25) is 0 Å². The highest BCUT2D eigenvalue weighted by molar-refractivity contribution is 9.10. The third kappa shape index (κ3) is 3.04. The third-order valence-electron chi connectivity index (χ3n) is 4.79. The SMILES string of the molecule is NC(c1cc(Br)cc2c1OCC2)C1CCCCCCC1. The van der Waals surface area contributed by atoms with Crippen molar-refractivity contribution in [3.63, 3.8) is 0 Å². The van der Waals surface area contributed by atoms with Gasteiger partial charge in [0.05, 0.1) is 6.61 Å². The molecule has 0 radical (unpaired) electrons. The van der Waals surface area contributed by atoms with E-state index >= 15 is 0 Å². The van der Waals surface area contributed by atoms with Gasteiger partial charge >= 0.3 is 0 Å². The van der Waals surface area contributed by atoms with Gasteiger partial charge in [0.15, 0.2) is 0 Å². The molecule has 20 heavy (non-hydrogen) atoms. The largest absolute Gasteiger partial charge is 0.493 e. The van der Waals surface area contributed by atoms with Crippen molar-refractivity contribution in [2.24, 2.45) is 11.7 Å². The quantitative estimate of drug-likeness (QED) is 0.845. The van der Waals surface area contributed by atoms with Crippen LogP contribution in [0.4, 0.5) is 0 Å². The predicted molar refractivity (Wildman–Crippen MR) is 86.1 cm³/mol. The lowest BCUT2D eigenvalue weighted by atomic mass is 9.82. The van der Waals surface area contributed by atoms with Gasteiger partial charge in [-0.15, -0.1) is 0 Å². The van der Waals surface area contributed by atoms with E-state index < -0.39 is 0 Å². The molecule has 0 saturated heterocycles. The Morgan fingerprint density at radius 2 is 1.80 bits per heavy atom. The Bertz CT molecular complexity index is 466. The second kappa shape index (κ2) is 6.48. The van der Waals surface area contributed by atoms with Crippen LogP contribution >= 0.6 is 15.9 Å². The number of fused-ring (bicyclic) bond motifs is 1. The van der Waals surface area contributed by atoms with Crippen LogP contribution in [-0.2, 0) is 6.42 Å². The number of ether oxygens (including phenoxy) is 1. The minimum absolute atomic E-state index is 0.123. The molecule has 3 heteroatoms. The van der Waals surface area contributed by atoms with Gasteiger partial charge in [-0.25, -0.2) is 0 Å². The molecule has 1 aliphatic carbocycles. The maximum atomic E-state index is 6.63. The van der Waals surface area contributed by atoms with E-state index in [9.17, 15) is 0 Å². The third-order valence-corrected chi connectivity index (χ3v) is 5.25. The summed E-state index contributed by atoms with van der Waals surface area (Å²) < 4.78 is 6.99. The smallest absolute Gasteiger partial charge is 0.127 e. The van der Waals surface area contributed by atoms with Gasteiger partial charge < -0.3 is 10.5 Å². The van der Waals surface area contributed by atoms with Gasteiger partial charge in [-0.1, -0.05) is 48.0 Å². The lowest BCUT2D eigenvalue weighted by Gasteiger charge is -2.27. The molecule has 0 bridgehead atoms. The van der Waals surface area contributed by atoms with E-state index in [4.69, 9.17) is 10.5 Å². The van der Waals surface area contributed by atoms with E-state index in [-0.39, 0.29) is 6.04 Å². The Morgan fingerprint density at radius 1 is 1.10 bits per heavy atom. The zero-order valence-electron chi connectivity index (χ0n) is 12.0. The monoisotopic (exact) mass is 337 g/mol. The molecule has 0 aromatic heterocycles. The van der Waals surface area contributed by atoms with Crippen molar-refractivity contribution >= 4 is 15.9 Å². The van der Waals surface area contributed by atoms with Crippen LogP contribution in [0.2, 0.25) is 0 Å². The van der Waals surface area contributed by atoms with Gasteiger partial charge in [0.1, 0.15) is 5.75 Å². The molecule has 1 unspecified atom stereocenters. The van der Waals surface area contributed by atoms with Crippen LogP contribution in [0.5, 0.6) is 5.75 Å². The molecular weight excluding hydrogens is 314 g/mol. The Balaban J connectivity index is 1.84. The summed E-state index contributed by atoms with van der Waals surface area (Å²) in [5.41, 5.74) is 9.17. The first-order valence-corrected chi connectivity index (χ1v) is 8.75. The van der Waals surface area contributed by atoms with Gasteiger partial charge in [-0.3, -0.25) is 0 Å². The summed E-state index contributed by atoms with van der Waals surface area (Å²) in [7, 11) is 0. The van der Waals surface area contributed by atoms with E-state index in [1.54, 1.807) is 0 Å². The maximum Gasteiger partial charge on any atom is 0.127 e. The van der Waals surface area contributed by atoms with E-state index in [1.165, 1.54) is 56.1 Å². The van der Waals surface area contributed by atoms with Crippen molar-refractivity contribution in [1.29, 1.82) is 0 Å². The average molecular weight is 338 g/mol. The number of halogens is 1. The van der Waals surface area contributed by atoms with Crippen molar-refractivity contribution in [3.8, 4) is 5.75 Å². The summed E-state index contributed by atoms with van der Waals surface area (Å²) in [6.45, 7) is 0.802. The topological polar surface area (TPSA) is 35.2 Å². The highest BCUT2D eigenvalue weighted by Gasteiger charge is 2.26. The molecule has 2 aliphatic rings. The Kier molecular flexibility index (Phi) is 4.67. The number of nitrogens with two attached hydrogens (primary N) is 1. The molecule has 2 nitrogen and oxygen atoms in total. The van der Waals surface area contributed by atoms with Gasteiger partial charge in [0, 0.05) is 22.5 Å². The Labute approximate surface area is 130 Å². The van der Waals surface area contributed by atoms with Crippen LogP contribution in [0, 0.1) is 5.92 Å². The summed E-state index contributed by atoms with van der Waals surface area (Å²) >= 11 is 3.62. The van der Waals surface area contributed by atoms with Crippen LogP contribution in [0.15, 0.2) is 16.6 Å². The van der Waals surface area contributed by atoms with Crippen molar-refractivity contribution in [2.45, 2.75) is 57.4 Å². The first kappa shape index (κ1) is 14.4. The summed E-state index contributed by atoms with van der Waals surface area (Å²) in [6.07, 6.45) is 10.3. The maximum absolute atomic E-state index is 6.63. The van der Waals surface area contributed by atoms with Crippen LogP contribution < -0.4 is 10.5 Å². The highest BCUT2D eigenvalue weighted by Crippen LogP contribution is 2.40.